The van der Waals surface area contributed by atoms with E-state index in [1.807, 2.05) is 32.0 Å². The fourth-order valence-corrected chi connectivity index (χ4v) is 2.11. The first kappa shape index (κ1) is 13.9. The molecule has 0 radical (unpaired) electrons. The maximum Gasteiger partial charge on any atom is 0.226 e. The molecule has 0 saturated heterocycles. The highest BCUT2D eigenvalue weighted by atomic mass is 16.5. The van der Waals surface area contributed by atoms with E-state index >= 15 is 0 Å². The van der Waals surface area contributed by atoms with Crippen LogP contribution >= 0.6 is 0 Å². The van der Waals surface area contributed by atoms with Gasteiger partial charge in [0.25, 0.3) is 0 Å². The number of nitrogens with two attached hydrogens (primary N) is 1. The Morgan fingerprint density at radius 1 is 1.53 bits per heavy atom. The Hall–Kier alpha value is -1.55. The molecule has 0 spiro atoms. The molecule has 0 aliphatic heterocycles. The lowest BCUT2D eigenvalue weighted by atomic mass is 10.1. The quantitative estimate of drug-likeness (QED) is 0.827. The summed E-state index contributed by atoms with van der Waals surface area (Å²) >= 11 is 0. The van der Waals surface area contributed by atoms with E-state index in [2.05, 4.69) is 5.32 Å². The molecule has 1 aliphatic rings. The lowest BCUT2D eigenvalue weighted by Gasteiger charge is -2.14. The van der Waals surface area contributed by atoms with Gasteiger partial charge in [0.05, 0.1) is 12.3 Å². The van der Waals surface area contributed by atoms with Crippen LogP contribution in [-0.2, 0) is 4.79 Å². The summed E-state index contributed by atoms with van der Waals surface area (Å²) in [5.74, 6) is 1.22. The maximum atomic E-state index is 11.9. The topological polar surface area (TPSA) is 64.3 Å². The van der Waals surface area contributed by atoms with Crippen molar-refractivity contribution in [1.82, 2.24) is 0 Å². The highest BCUT2D eigenvalue weighted by molar-refractivity contribution is 5.92. The summed E-state index contributed by atoms with van der Waals surface area (Å²) in [6.07, 6.45) is 2.69. The molecule has 2 rings (SSSR count). The Morgan fingerprint density at radius 2 is 2.26 bits per heavy atom. The Labute approximate surface area is 114 Å². The summed E-state index contributed by atoms with van der Waals surface area (Å²) in [7, 11) is 0. The predicted octanol–water partition coefficient (Wildman–Crippen LogP) is 2.46. The van der Waals surface area contributed by atoms with Crippen LogP contribution in [0.4, 0.5) is 5.69 Å². The van der Waals surface area contributed by atoms with Gasteiger partial charge in [-0.2, -0.15) is 0 Å². The lowest BCUT2D eigenvalue weighted by Crippen LogP contribution is -2.29. The van der Waals surface area contributed by atoms with Gasteiger partial charge in [-0.1, -0.05) is 6.07 Å². The Balaban J connectivity index is 1.98. The minimum Gasteiger partial charge on any atom is -0.492 e. The molecule has 4 heteroatoms. The van der Waals surface area contributed by atoms with Crippen molar-refractivity contribution in [3.8, 4) is 5.75 Å². The number of anilines is 1. The number of hydrogen-bond donors (Lipinski definition) is 2. The van der Waals surface area contributed by atoms with Crippen LogP contribution in [0.1, 0.15) is 31.7 Å². The number of nitrogens with one attached hydrogen (secondary N) is 1. The standard InChI is InChI=1S/C15H22N2O2/c1-3-19-14-8-10(2)4-7-13(14)17-15(18)9-12(16)11-5-6-11/h4,7-8,11-12H,3,5-6,9,16H2,1-2H3,(H,17,18). The molecule has 1 saturated carbocycles. The van der Waals surface area contributed by atoms with Crippen LogP contribution in [0.25, 0.3) is 0 Å². The molecule has 0 aromatic heterocycles. The summed E-state index contributed by atoms with van der Waals surface area (Å²) in [6.45, 7) is 4.50. The van der Waals surface area contributed by atoms with Crippen molar-refractivity contribution in [2.75, 3.05) is 11.9 Å². The van der Waals surface area contributed by atoms with E-state index < -0.39 is 0 Å². The SMILES string of the molecule is CCOc1cc(C)ccc1NC(=O)CC(N)C1CC1. The number of amides is 1. The summed E-state index contributed by atoms with van der Waals surface area (Å²) in [4.78, 5) is 11.9. The van der Waals surface area contributed by atoms with Crippen molar-refractivity contribution in [2.24, 2.45) is 11.7 Å². The highest BCUT2D eigenvalue weighted by Crippen LogP contribution is 2.33. The third kappa shape index (κ3) is 3.96. The van der Waals surface area contributed by atoms with Crippen LogP contribution in [0.15, 0.2) is 18.2 Å². The summed E-state index contributed by atoms with van der Waals surface area (Å²) < 4.78 is 5.54. The molecule has 3 N–H and O–H groups in total. The molecule has 1 unspecified atom stereocenters. The van der Waals surface area contributed by atoms with E-state index in [9.17, 15) is 4.79 Å². The molecular weight excluding hydrogens is 240 g/mol. The van der Waals surface area contributed by atoms with E-state index in [1.165, 1.54) is 0 Å². The second-order valence-corrected chi connectivity index (χ2v) is 5.19. The molecule has 0 bridgehead atoms. The van der Waals surface area contributed by atoms with E-state index in [4.69, 9.17) is 10.5 Å². The number of benzene rings is 1. The molecule has 1 aromatic rings. The molecule has 19 heavy (non-hydrogen) atoms. The molecule has 1 atom stereocenters. The molecule has 1 fully saturated rings. The van der Waals surface area contributed by atoms with E-state index in [-0.39, 0.29) is 11.9 Å². The molecule has 104 valence electrons. The smallest absolute Gasteiger partial charge is 0.226 e. The summed E-state index contributed by atoms with van der Waals surface area (Å²) in [6, 6.07) is 5.75. The van der Waals surface area contributed by atoms with E-state index in [0.29, 0.717) is 18.9 Å². The van der Waals surface area contributed by atoms with Gasteiger partial charge < -0.3 is 15.8 Å². The number of ether oxygens (including phenoxy) is 1. The molecule has 1 amide bonds. The van der Waals surface area contributed by atoms with Crippen molar-refractivity contribution in [2.45, 2.75) is 39.2 Å². The predicted molar refractivity (Wildman–Crippen MR) is 76.3 cm³/mol. The zero-order valence-corrected chi connectivity index (χ0v) is 11.6. The first-order valence-electron chi connectivity index (χ1n) is 6.89. The first-order valence-corrected chi connectivity index (χ1v) is 6.89. The fourth-order valence-electron chi connectivity index (χ4n) is 2.11. The van der Waals surface area contributed by atoms with Crippen LogP contribution < -0.4 is 15.8 Å². The van der Waals surface area contributed by atoms with Crippen molar-refractivity contribution in [3.63, 3.8) is 0 Å². The van der Waals surface area contributed by atoms with Crippen LogP contribution in [0.5, 0.6) is 5.75 Å². The zero-order valence-electron chi connectivity index (χ0n) is 11.6. The number of carbonyl (C=O) groups is 1. The molecule has 1 aromatic carbocycles. The normalized spacial score (nSPS) is 15.9. The van der Waals surface area contributed by atoms with Gasteiger partial charge in [-0.15, -0.1) is 0 Å². The average Bonchev–Trinajstić information content (AvgIpc) is 3.17. The second-order valence-electron chi connectivity index (χ2n) is 5.19. The molecular formula is C15H22N2O2. The largest absolute Gasteiger partial charge is 0.492 e. The van der Waals surface area contributed by atoms with Crippen LogP contribution in [0, 0.1) is 12.8 Å². The third-order valence-electron chi connectivity index (χ3n) is 3.36. The zero-order chi connectivity index (χ0) is 13.8. The number of carbonyl (C=O) groups excluding carboxylic acids is 1. The minimum absolute atomic E-state index is 0.0130. The number of hydrogen-bond acceptors (Lipinski definition) is 3. The van der Waals surface area contributed by atoms with Gasteiger partial charge in [0.1, 0.15) is 5.75 Å². The van der Waals surface area contributed by atoms with Crippen molar-refractivity contribution < 1.29 is 9.53 Å². The minimum atomic E-state index is -0.0378. The van der Waals surface area contributed by atoms with Crippen molar-refractivity contribution >= 4 is 11.6 Å². The Bertz CT molecular complexity index is 455. The van der Waals surface area contributed by atoms with Gasteiger partial charge in [0.15, 0.2) is 0 Å². The van der Waals surface area contributed by atoms with Crippen LogP contribution in [-0.4, -0.2) is 18.6 Å². The fraction of sp³-hybridized carbons (Fsp3) is 0.533. The average molecular weight is 262 g/mol. The Kier molecular flexibility index (Phi) is 4.43. The van der Waals surface area contributed by atoms with Gasteiger partial charge in [-0.05, 0) is 50.3 Å². The third-order valence-corrected chi connectivity index (χ3v) is 3.36. The van der Waals surface area contributed by atoms with E-state index in [1.54, 1.807) is 0 Å². The second kappa shape index (κ2) is 6.06. The van der Waals surface area contributed by atoms with Gasteiger partial charge in [0.2, 0.25) is 5.91 Å². The maximum absolute atomic E-state index is 11.9. The summed E-state index contributed by atoms with van der Waals surface area (Å²) in [5, 5.41) is 2.89. The van der Waals surface area contributed by atoms with Gasteiger partial charge in [-0.3, -0.25) is 4.79 Å². The number of aryl methyl sites for hydroxylation is 1. The first-order chi connectivity index (χ1) is 9.10. The van der Waals surface area contributed by atoms with Crippen LogP contribution in [0.2, 0.25) is 0 Å². The van der Waals surface area contributed by atoms with Gasteiger partial charge in [-0.25, -0.2) is 0 Å². The van der Waals surface area contributed by atoms with E-state index in [0.717, 1.165) is 29.8 Å². The van der Waals surface area contributed by atoms with Gasteiger partial charge in [0, 0.05) is 12.5 Å². The van der Waals surface area contributed by atoms with Crippen LogP contribution in [0.3, 0.4) is 0 Å². The molecule has 4 nitrogen and oxygen atoms in total. The van der Waals surface area contributed by atoms with Gasteiger partial charge >= 0.3 is 0 Å². The number of rotatable bonds is 6. The molecule has 0 heterocycles. The monoisotopic (exact) mass is 262 g/mol. The molecule has 1 aliphatic carbocycles. The summed E-state index contributed by atoms with van der Waals surface area (Å²) in [5.41, 5.74) is 7.79. The van der Waals surface area contributed by atoms with Crippen molar-refractivity contribution in [1.29, 1.82) is 0 Å². The lowest BCUT2D eigenvalue weighted by molar-refractivity contribution is -0.116. The Morgan fingerprint density at radius 3 is 2.89 bits per heavy atom. The van der Waals surface area contributed by atoms with Crippen molar-refractivity contribution in [3.05, 3.63) is 23.8 Å². The highest BCUT2D eigenvalue weighted by Gasteiger charge is 2.29.